The third kappa shape index (κ3) is 2.93. The maximum Gasteiger partial charge on any atom is 0.278 e. The molecule has 1 aliphatic rings. The Hall–Kier alpha value is -2.93. The van der Waals surface area contributed by atoms with E-state index in [4.69, 9.17) is 16.3 Å². The minimum Gasteiger partial charge on any atom is -0.445 e. The minimum absolute atomic E-state index is 0.138. The maximum absolute atomic E-state index is 11.9. The van der Waals surface area contributed by atoms with Gasteiger partial charge in [-0.1, -0.05) is 23.7 Å². The zero-order chi connectivity index (χ0) is 17.3. The molecule has 2 aromatic carbocycles. The summed E-state index contributed by atoms with van der Waals surface area (Å²) in [4.78, 5) is 22.6. The number of nitro benzene ring substituents is 1. The fourth-order valence-corrected chi connectivity index (χ4v) is 2.47. The zero-order valence-electron chi connectivity index (χ0n) is 12.5. The molecule has 0 radical (unpaired) electrons. The van der Waals surface area contributed by atoms with Crippen molar-refractivity contribution in [3.63, 3.8) is 0 Å². The molecule has 8 heteroatoms. The van der Waals surface area contributed by atoms with Gasteiger partial charge in [-0.3, -0.25) is 14.9 Å². The second-order valence-electron chi connectivity index (χ2n) is 5.06. The van der Waals surface area contributed by atoms with Crippen molar-refractivity contribution in [3.05, 3.63) is 74.8 Å². The van der Waals surface area contributed by atoms with Crippen molar-refractivity contribution in [3.8, 4) is 0 Å². The van der Waals surface area contributed by atoms with Gasteiger partial charge >= 0.3 is 0 Å². The summed E-state index contributed by atoms with van der Waals surface area (Å²) in [7, 11) is 0. The van der Waals surface area contributed by atoms with Gasteiger partial charge in [-0.2, -0.15) is 5.01 Å². The highest BCUT2D eigenvalue weighted by molar-refractivity contribution is 6.30. The number of ether oxygens (including phenoxy) is 1. The number of halogens is 1. The molecule has 0 saturated carbocycles. The Morgan fingerprint density at radius 1 is 1.25 bits per heavy atom. The predicted octanol–water partition coefficient (Wildman–Crippen LogP) is 3.49. The van der Waals surface area contributed by atoms with Crippen LogP contribution in [0.2, 0.25) is 5.02 Å². The summed E-state index contributed by atoms with van der Waals surface area (Å²) in [5.74, 6) is -0.188. The highest BCUT2D eigenvalue weighted by Crippen LogP contribution is 2.35. The average molecular weight is 346 g/mol. The lowest BCUT2D eigenvalue weighted by atomic mass is 10.1. The topological polar surface area (TPSA) is 85.0 Å². The monoisotopic (exact) mass is 345 g/mol. The number of para-hydroxylation sites is 1. The van der Waals surface area contributed by atoms with Crippen LogP contribution >= 0.6 is 11.6 Å². The molecule has 0 aliphatic carbocycles. The van der Waals surface area contributed by atoms with Crippen molar-refractivity contribution in [2.24, 2.45) is 5.10 Å². The Bertz CT molecular complexity index is 835. The summed E-state index contributed by atoms with van der Waals surface area (Å²) in [5.41, 5.74) is 0.735. The second kappa shape index (κ2) is 6.29. The van der Waals surface area contributed by atoms with Crippen molar-refractivity contribution in [2.45, 2.75) is 13.2 Å². The van der Waals surface area contributed by atoms with Crippen LogP contribution in [0.3, 0.4) is 0 Å². The molecule has 0 bridgehead atoms. The Morgan fingerprint density at radius 3 is 2.54 bits per heavy atom. The minimum atomic E-state index is -0.991. The lowest BCUT2D eigenvalue weighted by molar-refractivity contribution is -0.386. The molecule has 24 heavy (non-hydrogen) atoms. The molecule has 3 rings (SSSR count). The highest BCUT2D eigenvalue weighted by atomic mass is 35.5. The number of carbonyl (C=O) groups excluding carboxylic acids is 1. The van der Waals surface area contributed by atoms with Gasteiger partial charge < -0.3 is 4.74 Å². The number of benzene rings is 2. The largest absolute Gasteiger partial charge is 0.445 e. The third-order valence-corrected chi connectivity index (χ3v) is 3.71. The van der Waals surface area contributed by atoms with Gasteiger partial charge in [0.25, 0.3) is 5.69 Å². The maximum atomic E-state index is 11.9. The first-order chi connectivity index (χ1) is 11.5. The smallest absolute Gasteiger partial charge is 0.278 e. The van der Waals surface area contributed by atoms with Gasteiger partial charge in [0, 0.05) is 23.6 Å². The Labute approximate surface area is 142 Å². The van der Waals surface area contributed by atoms with Crippen molar-refractivity contribution >= 4 is 29.1 Å². The van der Waals surface area contributed by atoms with Crippen molar-refractivity contribution in [2.75, 3.05) is 0 Å². The van der Waals surface area contributed by atoms with E-state index in [2.05, 4.69) is 5.10 Å². The Morgan fingerprint density at radius 2 is 1.92 bits per heavy atom. The Balaban J connectivity index is 2.00. The van der Waals surface area contributed by atoms with E-state index in [-0.39, 0.29) is 23.1 Å². The van der Waals surface area contributed by atoms with E-state index in [1.807, 2.05) is 0 Å². The molecule has 0 spiro atoms. The second-order valence-corrected chi connectivity index (χ2v) is 5.50. The van der Waals surface area contributed by atoms with Gasteiger partial charge in [0.05, 0.1) is 10.5 Å². The van der Waals surface area contributed by atoms with Crippen LogP contribution in [0.15, 0.2) is 53.6 Å². The van der Waals surface area contributed by atoms with Crippen LogP contribution < -0.4 is 0 Å². The fraction of sp³-hybridized carbons (Fsp3) is 0.125. The number of hydrogen-bond acceptors (Lipinski definition) is 5. The average Bonchev–Trinajstić information content (AvgIpc) is 3.01. The molecule has 1 amide bonds. The van der Waals surface area contributed by atoms with Crippen LogP contribution in [0.25, 0.3) is 0 Å². The van der Waals surface area contributed by atoms with E-state index in [9.17, 15) is 14.9 Å². The van der Waals surface area contributed by atoms with Crippen LogP contribution in [0.1, 0.15) is 24.3 Å². The first kappa shape index (κ1) is 15.9. The van der Waals surface area contributed by atoms with Crippen molar-refractivity contribution in [1.82, 2.24) is 5.01 Å². The Kier molecular flexibility index (Phi) is 4.18. The molecular formula is C16H12ClN3O4. The van der Waals surface area contributed by atoms with Gasteiger partial charge in [0.2, 0.25) is 18.0 Å². The van der Waals surface area contributed by atoms with E-state index in [1.54, 1.807) is 42.5 Å². The molecule has 0 aromatic heterocycles. The number of hydrogen-bond donors (Lipinski definition) is 0. The van der Waals surface area contributed by atoms with E-state index in [0.717, 1.165) is 5.01 Å². The van der Waals surface area contributed by atoms with E-state index in [1.165, 1.54) is 13.0 Å². The van der Waals surface area contributed by atoms with Crippen LogP contribution in [0, 0.1) is 10.1 Å². The van der Waals surface area contributed by atoms with Gasteiger partial charge in [-0.15, -0.1) is 5.10 Å². The van der Waals surface area contributed by atoms with E-state index in [0.29, 0.717) is 10.6 Å². The first-order valence-electron chi connectivity index (χ1n) is 7.01. The molecule has 2 aromatic rings. The van der Waals surface area contributed by atoms with E-state index < -0.39 is 11.2 Å². The summed E-state index contributed by atoms with van der Waals surface area (Å²) >= 11 is 5.86. The third-order valence-electron chi connectivity index (χ3n) is 3.46. The first-order valence-corrected chi connectivity index (χ1v) is 7.39. The number of carbonyl (C=O) groups is 1. The molecule has 1 aliphatic heterocycles. The molecule has 1 heterocycles. The number of amides is 1. The van der Waals surface area contributed by atoms with E-state index >= 15 is 0 Å². The summed E-state index contributed by atoms with van der Waals surface area (Å²) in [6.07, 6.45) is -0.991. The highest BCUT2D eigenvalue weighted by Gasteiger charge is 2.36. The van der Waals surface area contributed by atoms with Gasteiger partial charge in [0.15, 0.2) is 0 Å². The van der Waals surface area contributed by atoms with Gasteiger partial charge in [-0.05, 0) is 30.3 Å². The number of hydrazone groups is 1. The van der Waals surface area contributed by atoms with Gasteiger partial charge in [-0.25, -0.2) is 0 Å². The SMILES string of the molecule is CC(=O)N1N=C(c2ccc(Cl)cc2)O[C@H]1c1ccccc1[N+](=O)[O-]. The predicted molar refractivity (Wildman–Crippen MR) is 87.4 cm³/mol. The lowest BCUT2D eigenvalue weighted by Gasteiger charge is -2.19. The van der Waals surface area contributed by atoms with Crippen LogP contribution in [-0.4, -0.2) is 21.7 Å². The molecule has 122 valence electrons. The number of rotatable bonds is 3. The number of nitro groups is 1. The molecule has 0 N–H and O–H groups in total. The molecular weight excluding hydrogens is 334 g/mol. The van der Waals surface area contributed by atoms with Gasteiger partial charge in [0.1, 0.15) is 0 Å². The van der Waals surface area contributed by atoms with Crippen LogP contribution in [0.4, 0.5) is 5.69 Å². The van der Waals surface area contributed by atoms with Crippen molar-refractivity contribution < 1.29 is 14.5 Å². The molecule has 0 saturated heterocycles. The van der Waals surface area contributed by atoms with Crippen LogP contribution in [0.5, 0.6) is 0 Å². The van der Waals surface area contributed by atoms with Crippen LogP contribution in [-0.2, 0) is 9.53 Å². The zero-order valence-corrected chi connectivity index (χ0v) is 13.3. The fourth-order valence-electron chi connectivity index (χ4n) is 2.34. The standard InChI is InChI=1S/C16H12ClN3O4/c1-10(21)19-16(13-4-2-3-5-14(13)20(22)23)24-15(18-19)11-6-8-12(17)9-7-11/h2-9,16H,1H3/t16-/m0/s1. The summed E-state index contributed by atoms with van der Waals surface area (Å²) in [6.45, 7) is 1.32. The quantitative estimate of drug-likeness (QED) is 0.629. The van der Waals surface area contributed by atoms with Crippen molar-refractivity contribution in [1.29, 1.82) is 0 Å². The summed E-state index contributed by atoms with van der Waals surface area (Å²) in [5, 5.41) is 17.0. The molecule has 1 atom stereocenters. The molecule has 0 unspecified atom stereocenters. The lowest BCUT2D eigenvalue weighted by Crippen LogP contribution is -2.25. The molecule has 7 nitrogen and oxygen atoms in total. The normalized spacial score (nSPS) is 16.5. The summed E-state index contributed by atoms with van der Waals surface area (Å²) < 4.78 is 5.75. The summed E-state index contributed by atoms with van der Waals surface area (Å²) in [6, 6.07) is 12.8. The molecule has 0 fully saturated rings. The number of nitrogens with zero attached hydrogens (tertiary/aromatic N) is 3.